The Kier molecular flexibility index (Phi) is 10.1. The van der Waals surface area contributed by atoms with Crippen LogP contribution in [0.1, 0.15) is 78.3 Å². The molecule has 0 bridgehead atoms. The minimum absolute atomic E-state index is 0.0554. The van der Waals surface area contributed by atoms with Crippen LogP contribution in [0.4, 0.5) is 0 Å². The maximum atomic E-state index is 14.9. The molecule has 5 aromatic rings. The van der Waals surface area contributed by atoms with Crippen LogP contribution in [0, 0.1) is 0 Å². The van der Waals surface area contributed by atoms with Crippen LogP contribution in [-0.4, -0.2) is 85.2 Å². The van der Waals surface area contributed by atoms with E-state index in [1.54, 1.807) is 30.3 Å². The molecule has 13 nitrogen and oxygen atoms in total. The number of aliphatic hydroxyl groups excluding tert-OH is 5. The Morgan fingerprint density at radius 2 is 1.47 bits per heavy atom. The van der Waals surface area contributed by atoms with E-state index < -0.39 is 72.8 Å². The molecule has 5 atom stereocenters. The van der Waals surface area contributed by atoms with E-state index in [2.05, 4.69) is 0 Å². The number of rotatable bonds is 9. The first kappa shape index (κ1) is 37.5. The summed E-state index contributed by atoms with van der Waals surface area (Å²) < 4.78 is 17.3. The van der Waals surface area contributed by atoms with Crippen molar-refractivity contribution in [1.29, 1.82) is 0 Å². The second kappa shape index (κ2) is 14.8. The molecule has 1 fully saturated rings. The van der Waals surface area contributed by atoms with Crippen molar-refractivity contribution in [1.82, 2.24) is 0 Å². The molecule has 0 amide bonds. The highest BCUT2D eigenvalue weighted by atomic mass is 16.7. The Morgan fingerprint density at radius 3 is 2.16 bits per heavy atom. The van der Waals surface area contributed by atoms with Gasteiger partial charge in [0.15, 0.2) is 17.9 Å². The summed E-state index contributed by atoms with van der Waals surface area (Å²) in [7, 11) is 0. The molecule has 1 heterocycles. The van der Waals surface area contributed by atoms with Crippen LogP contribution >= 0.6 is 0 Å². The number of ketones is 2. The average Bonchev–Trinajstić information content (AvgIpc) is 3.18. The van der Waals surface area contributed by atoms with E-state index in [9.17, 15) is 49.8 Å². The predicted octanol–water partition coefficient (Wildman–Crippen LogP) is 3.51. The minimum Gasteiger partial charge on any atom is -0.507 e. The summed E-state index contributed by atoms with van der Waals surface area (Å²) in [5, 5.41) is 65.8. The van der Waals surface area contributed by atoms with Gasteiger partial charge in [0, 0.05) is 46.7 Å². The molecule has 0 saturated carbocycles. The van der Waals surface area contributed by atoms with Gasteiger partial charge in [-0.1, -0.05) is 54.6 Å². The molecule has 0 radical (unpaired) electrons. The molecule has 1 aliphatic carbocycles. The second-order valence-electron chi connectivity index (χ2n) is 13.5. The van der Waals surface area contributed by atoms with Gasteiger partial charge in [0.1, 0.15) is 35.6 Å². The highest BCUT2D eigenvalue weighted by Gasteiger charge is 2.45. The number of phenolic OH excluding ortho intramolecular Hbond substituents is 1. The van der Waals surface area contributed by atoms with E-state index in [1.807, 2.05) is 24.3 Å². The number of benzene rings is 5. The summed E-state index contributed by atoms with van der Waals surface area (Å²) in [4.78, 5) is 54.2. The SMILES string of the molecule is CC(=O)Oc1cc(CO)c2c(c1-c1ccc3ccccc3c1)C(=O)c1cc(O[C@H]3O[C@H](C)[C@@H](O)[C@@H](O)[C@H]3O)c(Cc3cccc(CO)c3C=O)c(O)c1C2=O. The lowest BCUT2D eigenvalue weighted by atomic mass is 9.76. The van der Waals surface area contributed by atoms with Gasteiger partial charge in [-0.3, -0.25) is 19.2 Å². The van der Waals surface area contributed by atoms with Gasteiger partial charge in [-0.05, 0) is 58.1 Å². The largest absolute Gasteiger partial charge is 0.507 e. The van der Waals surface area contributed by atoms with Gasteiger partial charge in [-0.25, -0.2) is 0 Å². The Balaban J connectivity index is 1.48. The standard InChI is InChI=1S/C42H36O13/c1-19-36(47)40(51)41(52)42(53-19)55-30-15-28-34(37(48)27(30)13-23-8-5-9-25(16-43)29(23)18-45)39(50)33-26(17-44)14-31(54-20(2)46)32(35(33)38(28)49)24-11-10-21-6-3-4-7-22(21)12-24/h3-12,14-15,18-19,36,40-44,47-48,51-52H,13,16-17H2,1-2H3/t19-,36-,40-,41-,42-/m1/s1. The number of carbonyl (C=O) groups excluding carboxylic acids is 4. The van der Waals surface area contributed by atoms with Crippen LogP contribution in [0.5, 0.6) is 17.2 Å². The van der Waals surface area contributed by atoms with Crippen LogP contribution in [0.2, 0.25) is 0 Å². The third-order valence-electron chi connectivity index (χ3n) is 10.1. The Hall–Kier alpha value is -5.80. The molecule has 55 heavy (non-hydrogen) atoms. The smallest absolute Gasteiger partial charge is 0.308 e. The molecular weight excluding hydrogens is 712 g/mol. The van der Waals surface area contributed by atoms with E-state index in [1.165, 1.54) is 32.0 Å². The molecule has 282 valence electrons. The molecule has 1 aliphatic heterocycles. The summed E-state index contributed by atoms with van der Waals surface area (Å²) in [6.45, 7) is 1.37. The van der Waals surface area contributed by atoms with E-state index in [4.69, 9.17) is 14.2 Å². The fourth-order valence-electron chi connectivity index (χ4n) is 7.36. The van der Waals surface area contributed by atoms with Gasteiger partial charge in [0.25, 0.3) is 0 Å². The van der Waals surface area contributed by atoms with Crippen molar-refractivity contribution in [2.45, 2.75) is 64.2 Å². The Labute approximate surface area is 313 Å². The molecular formula is C42H36O13. The van der Waals surface area contributed by atoms with Crippen molar-refractivity contribution < 1.29 is 64.0 Å². The third kappa shape index (κ3) is 6.46. The van der Waals surface area contributed by atoms with Crippen molar-refractivity contribution in [2.24, 2.45) is 0 Å². The number of hydrogen-bond donors (Lipinski definition) is 6. The summed E-state index contributed by atoms with van der Waals surface area (Å²) in [5.74, 6) is -3.49. The maximum Gasteiger partial charge on any atom is 0.308 e. The summed E-state index contributed by atoms with van der Waals surface area (Å²) in [5.41, 5.74) is -0.258. The van der Waals surface area contributed by atoms with Crippen LogP contribution in [0.15, 0.2) is 72.8 Å². The molecule has 0 spiro atoms. The number of hydrogen-bond acceptors (Lipinski definition) is 13. The van der Waals surface area contributed by atoms with Crippen LogP contribution in [0.25, 0.3) is 21.9 Å². The average molecular weight is 749 g/mol. The van der Waals surface area contributed by atoms with E-state index >= 15 is 0 Å². The molecule has 5 aromatic carbocycles. The highest BCUT2D eigenvalue weighted by molar-refractivity contribution is 6.32. The lowest BCUT2D eigenvalue weighted by Gasteiger charge is -2.39. The third-order valence-corrected chi connectivity index (χ3v) is 10.1. The maximum absolute atomic E-state index is 14.9. The minimum atomic E-state index is -1.81. The van der Waals surface area contributed by atoms with Gasteiger partial charge in [-0.2, -0.15) is 0 Å². The van der Waals surface area contributed by atoms with E-state index in [-0.39, 0.29) is 62.4 Å². The van der Waals surface area contributed by atoms with E-state index in [0.717, 1.165) is 10.8 Å². The first-order chi connectivity index (χ1) is 26.4. The normalized spacial score (nSPS) is 20.5. The number of aldehydes is 1. The molecule has 7 rings (SSSR count). The highest BCUT2D eigenvalue weighted by Crippen LogP contribution is 2.47. The van der Waals surface area contributed by atoms with Crippen molar-refractivity contribution in [2.75, 3.05) is 0 Å². The van der Waals surface area contributed by atoms with Crippen molar-refractivity contribution >= 4 is 34.6 Å². The van der Waals surface area contributed by atoms with E-state index in [0.29, 0.717) is 17.4 Å². The lowest BCUT2D eigenvalue weighted by molar-refractivity contribution is -0.268. The van der Waals surface area contributed by atoms with Gasteiger partial charge >= 0.3 is 5.97 Å². The summed E-state index contributed by atoms with van der Waals surface area (Å²) in [6, 6.07) is 19.8. The van der Waals surface area contributed by atoms with Crippen LogP contribution in [0.3, 0.4) is 0 Å². The first-order valence-corrected chi connectivity index (χ1v) is 17.4. The Morgan fingerprint density at radius 1 is 0.764 bits per heavy atom. The number of carbonyl (C=O) groups is 4. The summed E-state index contributed by atoms with van der Waals surface area (Å²) >= 11 is 0. The monoisotopic (exact) mass is 748 g/mol. The topological polar surface area (TPSA) is 217 Å². The quantitative estimate of drug-likeness (QED) is 0.0710. The van der Waals surface area contributed by atoms with Gasteiger partial charge in [0.05, 0.1) is 24.9 Å². The van der Waals surface area contributed by atoms with Crippen LogP contribution in [-0.2, 0) is 29.2 Å². The molecule has 0 unspecified atom stereocenters. The number of fused-ring (bicyclic) bond motifs is 3. The number of esters is 1. The first-order valence-electron chi connectivity index (χ1n) is 17.4. The lowest BCUT2D eigenvalue weighted by Crippen LogP contribution is -2.58. The van der Waals surface area contributed by atoms with Gasteiger partial charge in [-0.15, -0.1) is 0 Å². The molecule has 13 heteroatoms. The molecule has 6 N–H and O–H groups in total. The molecule has 1 saturated heterocycles. The number of ether oxygens (including phenoxy) is 3. The number of phenols is 1. The van der Waals surface area contributed by atoms with Gasteiger partial charge < -0.3 is 44.8 Å². The Bertz CT molecular complexity index is 2400. The number of aliphatic hydroxyl groups is 5. The van der Waals surface area contributed by atoms with Crippen molar-refractivity contribution in [3.8, 4) is 28.4 Å². The fraction of sp³-hybridized carbons (Fsp3) is 0.238. The second-order valence-corrected chi connectivity index (χ2v) is 13.5. The van der Waals surface area contributed by atoms with Crippen molar-refractivity contribution in [3.05, 3.63) is 123 Å². The fourth-order valence-corrected chi connectivity index (χ4v) is 7.36. The number of aromatic hydroxyl groups is 1. The molecule has 2 aliphatic rings. The zero-order valence-corrected chi connectivity index (χ0v) is 29.6. The zero-order valence-electron chi connectivity index (χ0n) is 29.6. The zero-order chi connectivity index (χ0) is 39.3. The summed E-state index contributed by atoms with van der Waals surface area (Å²) in [6.07, 6.45) is -7.44. The predicted molar refractivity (Wildman–Crippen MR) is 195 cm³/mol. The van der Waals surface area contributed by atoms with Crippen molar-refractivity contribution in [3.63, 3.8) is 0 Å². The van der Waals surface area contributed by atoms with Gasteiger partial charge in [0.2, 0.25) is 6.29 Å². The molecule has 0 aromatic heterocycles. The van der Waals surface area contributed by atoms with Crippen LogP contribution < -0.4 is 9.47 Å².